The van der Waals surface area contributed by atoms with Crippen molar-refractivity contribution in [1.29, 1.82) is 0 Å². The number of ether oxygens (including phenoxy) is 1. The molecule has 1 atom stereocenters. The fraction of sp³-hybridized carbons (Fsp3) is 0.692. The van der Waals surface area contributed by atoms with Gasteiger partial charge in [-0.1, -0.05) is 37.0 Å². The van der Waals surface area contributed by atoms with Crippen molar-refractivity contribution in [1.82, 2.24) is 5.32 Å². The van der Waals surface area contributed by atoms with Crippen LogP contribution in [0.4, 0.5) is 0 Å². The monoisotopic (exact) mass is 309 g/mol. The van der Waals surface area contributed by atoms with Crippen LogP contribution in [0.15, 0.2) is 6.07 Å². The highest BCUT2D eigenvalue weighted by molar-refractivity contribution is 7.20. The second-order valence-corrected chi connectivity index (χ2v) is 7.57. The molecule has 0 aliphatic rings. The lowest BCUT2D eigenvalue weighted by molar-refractivity contribution is 0.149. The third kappa shape index (κ3) is 5.06. The van der Waals surface area contributed by atoms with E-state index >= 15 is 0 Å². The molecule has 1 heterocycles. The average molecular weight is 310 g/mol. The van der Waals surface area contributed by atoms with Gasteiger partial charge in [-0.2, -0.15) is 0 Å². The van der Waals surface area contributed by atoms with Crippen molar-refractivity contribution in [3.05, 3.63) is 20.3 Å². The quantitative estimate of drug-likeness (QED) is 0.783. The second-order valence-electron chi connectivity index (χ2n) is 5.29. The van der Waals surface area contributed by atoms with Gasteiger partial charge in [0.05, 0.1) is 8.67 Å². The van der Waals surface area contributed by atoms with E-state index in [1.807, 2.05) is 6.07 Å². The number of halogens is 2. The minimum atomic E-state index is 0.205. The SMILES string of the molecule is COCCC(C)(C)CNC(C)c1cc(Cl)sc1Cl. The van der Waals surface area contributed by atoms with Crippen LogP contribution in [0.1, 0.15) is 38.8 Å². The highest BCUT2D eigenvalue weighted by atomic mass is 35.5. The molecule has 1 aromatic heterocycles. The molecule has 0 aliphatic heterocycles. The van der Waals surface area contributed by atoms with Gasteiger partial charge in [-0.15, -0.1) is 11.3 Å². The van der Waals surface area contributed by atoms with Gasteiger partial charge in [-0.05, 0) is 30.4 Å². The maximum Gasteiger partial charge on any atom is 0.0991 e. The van der Waals surface area contributed by atoms with Gasteiger partial charge in [0.2, 0.25) is 0 Å². The van der Waals surface area contributed by atoms with Crippen molar-refractivity contribution in [2.75, 3.05) is 20.3 Å². The van der Waals surface area contributed by atoms with E-state index in [1.54, 1.807) is 7.11 Å². The zero-order valence-corrected chi connectivity index (χ0v) is 13.7. The van der Waals surface area contributed by atoms with E-state index in [2.05, 4.69) is 26.1 Å². The van der Waals surface area contributed by atoms with Crippen LogP contribution < -0.4 is 5.32 Å². The first-order chi connectivity index (χ1) is 8.35. The summed E-state index contributed by atoms with van der Waals surface area (Å²) in [5, 5.41) is 3.51. The molecule has 1 unspecified atom stereocenters. The number of hydrogen-bond acceptors (Lipinski definition) is 3. The van der Waals surface area contributed by atoms with Gasteiger partial charge in [0, 0.05) is 26.3 Å². The zero-order valence-electron chi connectivity index (χ0n) is 11.3. The Morgan fingerprint density at radius 2 is 2.11 bits per heavy atom. The standard InChI is InChI=1S/C13H21Cl2NOS/c1-9(10-7-11(14)18-12(10)15)16-8-13(2,3)5-6-17-4/h7,9,16H,5-6,8H2,1-4H3. The van der Waals surface area contributed by atoms with Crippen LogP contribution in [0.5, 0.6) is 0 Å². The van der Waals surface area contributed by atoms with Crippen molar-refractivity contribution in [3.63, 3.8) is 0 Å². The molecule has 0 fully saturated rings. The van der Waals surface area contributed by atoms with Gasteiger partial charge in [0.1, 0.15) is 0 Å². The molecule has 0 bridgehead atoms. The molecule has 0 amide bonds. The van der Waals surface area contributed by atoms with Crippen LogP contribution in [0, 0.1) is 5.41 Å². The molecule has 1 aromatic rings. The first-order valence-corrected chi connectivity index (χ1v) is 7.60. The predicted molar refractivity (Wildman–Crippen MR) is 81.0 cm³/mol. The molecule has 104 valence electrons. The number of nitrogens with one attached hydrogen (secondary N) is 1. The maximum absolute atomic E-state index is 6.15. The number of methoxy groups -OCH3 is 1. The van der Waals surface area contributed by atoms with Crippen molar-refractivity contribution >= 4 is 34.5 Å². The first kappa shape index (κ1) is 16.3. The topological polar surface area (TPSA) is 21.3 Å². The molecule has 0 aliphatic carbocycles. The summed E-state index contributed by atoms with van der Waals surface area (Å²) in [6, 6.07) is 2.15. The molecule has 0 spiro atoms. The molecule has 0 aromatic carbocycles. The van der Waals surface area contributed by atoms with E-state index in [9.17, 15) is 0 Å². The smallest absolute Gasteiger partial charge is 0.0991 e. The maximum atomic E-state index is 6.15. The minimum Gasteiger partial charge on any atom is -0.385 e. The summed E-state index contributed by atoms with van der Waals surface area (Å²) in [6.07, 6.45) is 1.03. The Morgan fingerprint density at radius 3 is 2.61 bits per heavy atom. The minimum absolute atomic E-state index is 0.205. The largest absolute Gasteiger partial charge is 0.385 e. The fourth-order valence-electron chi connectivity index (χ4n) is 1.65. The van der Waals surface area contributed by atoms with Crippen LogP contribution in [0.3, 0.4) is 0 Å². The van der Waals surface area contributed by atoms with E-state index in [0.717, 1.165) is 33.8 Å². The molecule has 0 saturated carbocycles. The van der Waals surface area contributed by atoms with Crippen molar-refractivity contribution in [2.24, 2.45) is 5.41 Å². The molecule has 1 rings (SSSR count). The number of rotatable bonds is 7. The zero-order chi connectivity index (χ0) is 13.8. The van der Waals surface area contributed by atoms with Gasteiger partial charge in [0.25, 0.3) is 0 Å². The molecular formula is C13H21Cl2NOS. The summed E-state index contributed by atoms with van der Waals surface area (Å²) in [7, 11) is 1.74. The summed E-state index contributed by atoms with van der Waals surface area (Å²) in [5.74, 6) is 0. The summed E-state index contributed by atoms with van der Waals surface area (Å²) in [6.45, 7) is 8.27. The van der Waals surface area contributed by atoms with Crippen LogP contribution >= 0.6 is 34.5 Å². The molecular weight excluding hydrogens is 289 g/mol. The third-order valence-corrected chi connectivity index (χ3v) is 4.54. The molecule has 1 N–H and O–H groups in total. The highest BCUT2D eigenvalue weighted by Gasteiger charge is 2.20. The fourth-order valence-corrected chi connectivity index (χ4v) is 3.30. The van der Waals surface area contributed by atoms with Gasteiger partial charge >= 0.3 is 0 Å². The Bertz CT molecular complexity index is 379. The Hall–Kier alpha value is 0.200. The van der Waals surface area contributed by atoms with Gasteiger partial charge in [0.15, 0.2) is 0 Å². The van der Waals surface area contributed by atoms with Crippen LogP contribution in [0.25, 0.3) is 0 Å². The molecule has 0 saturated heterocycles. The lowest BCUT2D eigenvalue weighted by Crippen LogP contribution is -2.32. The van der Waals surface area contributed by atoms with Gasteiger partial charge < -0.3 is 10.1 Å². The Balaban J connectivity index is 2.50. The summed E-state index contributed by atoms with van der Waals surface area (Å²) in [4.78, 5) is 0. The predicted octanol–water partition coefficient (Wildman–Crippen LogP) is 4.77. The van der Waals surface area contributed by atoms with Crippen LogP contribution in [-0.2, 0) is 4.74 Å². The Labute approximate surface area is 124 Å². The normalized spacial score (nSPS) is 13.9. The van der Waals surface area contributed by atoms with Crippen molar-refractivity contribution in [2.45, 2.75) is 33.2 Å². The molecule has 5 heteroatoms. The van der Waals surface area contributed by atoms with E-state index in [-0.39, 0.29) is 11.5 Å². The number of thiophene rings is 1. The van der Waals surface area contributed by atoms with Crippen LogP contribution in [-0.4, -0.2) is 20.3 Å². The van der Waals surface area contributed by atoms with E-state index in [4.69, 9.17) is 27.9 Å². The molecule has 18 heavy (non-hydrogen) atoms. The van der Waals surface area contributed by atoms with E-state index in [0.29, 0.717) is 0 Å². The molecule has 2 nitrogen and oxygen atoms in total. The Kier molecular flexibility index (Phi) is 6.42. The lowest BCUT2D eigenvalue weighted by atomic mass is 9.89. The van der Waals surface area contributed by atoms with Gasteiger partial charge in [-0.3, -0.25) is 0 Å². The van der Waals surface area contributed by atoms with Crippen LogP contribution in [0.2, 0.25) is 8.67 Å². The first-order valence-electron chi connectivity index (χ1n) is 6.03. The van der Waals surface area contributed by atoms with Gasteiger partial charge in [-0.25, -0.2) is 0 Å². The highest BCUT2D eigenvalue weighted by Crippen LogP contribution is 2.35. The van der Waals surface area contributed by atoms with Crippen molar-refractivity contribution < 1.29 is 4.74 Å². The van der Waals surface area contributed by atoms with E-state index < -0.39 is 0 Å². The molecule has 0 radical (unpaired) electrons. The average Bonchev–Trinajstić information content (AvgIpc) is 2.63. The summed E-state index contributed by atoms with van der Waals surface area (Å²) in [5.41, 5.74) is 1.28. The Morgan fingerprint density at radius 1 is 1.44 bits per heavy atom. The number of hydrogen-bond donors (Lipinski definition) is 1. The second kappa shape index (κ2) is 7.11. The lowest BCUT2D eigenvalue weighted by Gasteiger charge is -2.27. The van der Waals surface area contributed by atoms with E-state index in [1.165, 1.54) is 11.3 Å². The summed E-state index contributed by atoms with van der Waals surface area (Å²) < 4.78 is 6.64. The van der Waals surface area contributed by atoms with Crippen molar-refractivity contribution in [3.8, 4) is 0 Å². The summed E-state index contributed by atoms with van der Waals surface area (Å²) >= 11 is 13.5. The third-order valence-electron chi connectivity index (χ3n) is 3.02.